The van der Waals surface area contributed by atoms with Crippen LogP contribution in [0.5, 0.6) is 0 Å². The molecule has 1 aliphatic rings. The molecule has 0 heterocycles. The van der Waals surface area contributed by atoms with Crippen molar-refractivity contribution in [1.82, 2.24) is 5.32 Å². The van der Waals surface area contributed by atoms with Crippen LogP contribution < -0.4 is 5.32 Å². The highest BCUT2D eigenvalue weighted by Gasteiger charge is 2.19. The van der Waals surface area contributed by atoms with Crippen molar-refractivity contribution in [2.45, 2.75) is 31.1 Å². The average Bonchev–Trinajstić information content (AvgIpc) is 2.32. The Hall–Kier alpha value is -1.02. The number of benzene rings is 1. The van der Waals surface area contributed by atoms with Crippen LogP contribution in [0.4, 0.5) is 0 Å². The zero-order chi connectivity index (χ0) is 12.1. The third-order valence-corrected chi connectivity index (χ3v) is 3.85. The molecule has 92 valence electrons. The highest BCUT2D eigenvalue weighted by atomic mass is 35.5. The third kappa shape index (κ3) is 3.47. The maximum absolute atomic E-state index is 11.8. The van der Waals surface area contributed by atoms with Crippen LogP contribution in [0, 0.1) is 5.92 Å². The van der Waals surface area contributed by atoms with Gasteiger partial charge in [0, 0.05) is 6.54 Å². The Labute approximate surface area is 107 Å². The Balaban J connectivity index is 1.75. The van der Waals surface area contributed by atoms with Gasteiger partial charge >= 0.3 is 0 Å². The van der Waals surface area contributed by atoms with E-state index in [4.69, 9.17) is 11.6 Å². The number of rotatable bonds is 5. The summed E-state index contributed by atoms with van der Waals surface area (Å²) in [5.74, 6) is 0.734. The second-order valence-electron chi connectivity index (χ2n) is 4.65. The van der Waals surface area contributed by atoms with E-state index in [0.717, 1.165) is 24.4 Å². The molecule has 1 aromatic carbocycles. The van der Waals surface area contributed by atoms with E-state index < -0.39 is 5.38 Å². The van der Waals surface area contributed by atoms with Gasteiger partial charge in [0.2, 0.25) is 5.91 Å². The van der Waals surface area contributed by atoms with Gasteiger partial charge < -0.3 is 5.32 Å². The SMILES string of the molecule is O=C(NCCC1CCC1)C(Cl)c1ccccc1. The Kier molecular flexibility index (Phi) is 4.43. The first-order valence-corrected chi connectivity index (χ1v) is 6.68. The van der Waals surface area contributed by atoms with Crippen LogP contribution in [0.15, 0.2) is 30.3 Å². The van der Waals surface area contributed by atoms with E-state index in [0.29, 0.717) is 0 Å². The first kappa shape index (κ1) is 12.4. The Bertz CT molecular complexity index is 362. The van der Waals surface area contributed by atoms with Crippen molar-refractivity contribution in [2.75, 3.05) is 6.54 Å². The van der Waals surface area contributed by atoms with Gasteiger partial charge in [0.05, 0.1) is 0 Å². The van der Waals surface area contributed by atoms with E-state index in [1.807, 2.05) is 30.3 Å². The molecule has 0 radical (unpaired) electrons. The third-order valence-electron chi connectivity index (χ3n) is 3.40. The molecule has 1 saturated carbocycles. The molecule has 0 aromatic heterocycles. The average molecular weight is 252 g/mol. The number of nitrogens with one attached hydrogen (secondary N) is 1. The van der Waals surface area contributed by atoms with E-state index in [1.165, 1.54) is 19.3 Å². The van der Waals surface area contributed by atoms with Crippen molar-refractivity contribution in [1.29, 1.82) is 0 Å². The summed E-state index contributed by atoms with van der Waals surface area (Å²) in [5.41, 5.74) is 0.857. The van der Waals surface area contributed by atoms with Gasteiger partial charge in [-0.3, -0.25) is 4.79 Å². The van der Waals surface area contributed by atoms with Crippen LogP contribution in [-0.2, 0) is 4.79 Å². The van der Waals surface area contributed by atoms with Crippen LogP contribution in [0.2, 0.25) is 0 Å². The predicted molar refractivity (Wildman–Crippen MR) is 70.0 cm³/mol. The van der Waals surface area contributed by atoms with Gasteiger partial charge in [0.25, 0.3) is 0 Å². The van der Waals surface area contributed by atoms with Crippen molar-refractivity contribution in [3.8, 4) is 0 Å². The quantitative estimate of drug-likeness (QED) is 0.800. The fourth-order valence-corrected chi connectivity index (χ4v) is 2.27. The van der Waals surface area contributed by atoms with Gasteiger partial charge in [-0.1, -0.05) is 49.6 Å². The molecule has 17 heavy (non-hydrogen) atoms. The maximum atomic E-state index is 11.8. The largest absolute Gasteiger partial charge is 0.355 e. The number of carbonyl (C=O) groups is 1. The van der Waals surface area contributed by atoms with Crippen molar-refractivity contribution < 1.29 is 4.79 Å². The molecule has 0 saturated heterocycles. The summed E-state index contributed by atoms with van der Waals surface area (Å²) in [7, 11) is 0. The number of amides is 1. The molecule has 0 aliphatic heterocycles. The Morgan fingerprint density at radius 3 is 2.65 bits per heavy atom. The van der Waals surface area contributed by atoms with E-state index >= 15 is 0 Å². The summed E-state index contributed by atoms with van der Waals surface area (Å²) in [6.45, 7) is 0.750. The van der Waals surface area contributed by atoms with Crippen molar-refractivity contribution in [2.24, 2.45) is 5.92 Å². The number of halogens is 1. The normalized spacial score (nSPS) is 17.2. The van der Waals surface area contributed by atoms with Gasteiger partial charge in [-0.05, 0) is 17.9 Å². The zero-order valence-electron chi connectivity index (χ0n) is 9.86. The van der Waals surface area contributed by atoms with Crippen LogP contribution in [-0.4, -0.2) is 12.5 Å². The van der Waals surface area contributed by atoms with Gasteiger partial charge in [-0.25, -0.2) is 0 Å². The van der Waals surface area contributed by atoms with E-state index in [1.54, 1.807) is 0 Å². The standard InChI is InChI=1S/C14H18ClNO/c15-13(12-7-2-1-3-8-12)14(17)16-10-9-11-5-4-6-11/h1-3,7-8,11,13H,4-6,9-10H2,(H,16,17). The Morgan fingerprint density at radius 2 is 2.06 bits per heavy atom. The van der Waals surface area contributed by atoms with Crippen LogP contribution in [0.1, 0.15) is 36.6 Å². The molecule has 1 unspecified atom stereocenters. The molecule has 1 atom stereocenters. The fraction of sp³-hybridized carbons (Fsp3) is 0.500. The van der Waals surface area contributed by atoms with Crippen molar-refractivity contribution in [3.05, 3.63) is 35.9 Å². The lowest BCUT2D eigenvalue weighted by Crippen LogP contribution is -2.30. The minimum Gasteiger partial charge on any atom is -0.355 e. The first-order valence-electron chi connectivity index (χ1n) is 6.24. The molecule has 0 spiro atoms. The zero-order valence-corrected chi connectivity index (χ0v) is 10.6. The lowest BCUT2D eigenvalue weighted by Gasteiger charge is -2.25. The molecule has 2 nitrogen and oxygen atoms in total. The Morgan fingerprint density at radius 1 is 1.35 bits per heavy atom. The number of hydrogen-bond acceptors (Lipinski definition) is 1. The topological polar surface area (TPSA) is 29.1 Å². The summed E-state index contributed by atoms with van der Waals surface area (Å²) in [6.07, 6.45) is 5.07. The second kappa shape index (κ2) is 6.06. The minimum atomic E-state index is -0.572. The highest BCUT2D eigenvalue weighted by Crippen LogP contribution is 2.28. The molecule has 1 fully saturated rings. The second-order valence-corrected chi connectivity index (χ2v) is 5.09. The fourth-order valence-electron chi connectivity index (χ4n) is 2.04. The van der Waals surface area contributed by atoms with Gasteiger partial charge in [-0.2, -0.15) is 0 Å². The van der Waals surface area contributed by atoms with Gasteiger partial charge in [-0.15, -0.1) is 11.6 Å². The van der Waals surface area contributed by atoms with Crippen LogP contribution in [0.25, 0.3) is 0 Å². The summed E-state index contributed by atoms with van der Waals surface area (Å²) in [5, 5.41) is 2.34. The molecule has 3 heteroatoms. The van der Waals surface area contributed by atoms with Crippen molar-refractivity contribution >= 4 is 17.5 Å². The van der Waals surface area contributed by atoms with E-state index in [-0.39, 0.29) is 5.91 Å². The van der Waals surface area contributed by atoms with E-state index in [2.05, 4.69) is 5.32 Å². The molecule has 1 amide bonds. The smallest absolute Gasteiger partial charge is 0.242 e. The summed E-state index contributed by atoms with van der Waals surface area (Å²) < 4.78 is 0. The first-order chi connectivity index (χ1) is 8.27. The van der Waals surface area contributed by atoms with E-state index in [9.17, 15) is 4.79 Å². The number of hydrogen-bond donors (Lipinski definition) is 1. The molecule has 1 N–H and O–H groups in total. The molecule has 1 aliphatic carbocycles. The lowest BCUT2D eigenvalue weighted by atomic mass is 9.83. The summed E-state index contributed by atoms with van der Waals surface area (Å²) in [4.78, 5) is 11.8. The molecule has 1 aromatic rings. The molecular weight excluding hydrogens is 234 g/mol. The van der Waals surface area contributed by atoms with Crippen LogP contribution >= 0.6 is 11.6 Å². The number of carbonyl (C=O) groups excluding carboxylic acids is 1. The highest BCUT2D eigenvalue weighted by molar-refractivity contribution is 6.30. The predicted octanol–water partition coefficient (Wildman–Crippen LogP) is 3.27. The number of alkyl halides is 1. The maximum Gasteiger partial charge on any atom is 0.242 e. The monoisotopic (exact) mass is 251 g/mol. The van der Waals surface area contributed by atoms with Crippen LogP contribution in [0.3, 0.4) is 0 Å². The van der Waals surface area contributed by atoms with Gasteiger partial charge in [0.15, 0.2) is 0 Å². The minimum absolute atomic E-state index is 0.0859. The summed E-state index contributed by atoms with van der Waals surface area (Å²) >= 11 is 6.11. The molecular formula is C14H18ClNO. The van der Waals surface area contributed by atoms with Gasteiger partial charge in [0.1, 0.15) is 5.38 Å². The summed E-state index contributed by atoms with van der Waals surface area (Å²) in [6, 6.07) is 9.46. The molecule has 0 bridgehead atoms. The lowest BCUT2D eigenvalue weighted by molar-refractivity contribution is -0.120. The molecule has 2 rings (SSSR count). The van der Waals surface area contributed by atoms with Crippen molar-refractivity contribution in [3.63, 3.8) is 0 Å².